The fourth-order valence-corrected chi connectivity index (χ4v) is 3.60. The fraction of sp³-hybridized carbons (Fsp3) is 0.182. The van der Waals surface area contributed by atoms with E-state index in [2.05, 4.69) is 10.4 Å². The summed E-state index contributed by atoms with van der Waals surface area (Å²) in [5, 5.41) is 8.25. The maximum Gasteiger partial charge on any atom is 0.416 e. The second kappa shape index (κ2) is 7.37. The molecule has 0 saturated carbocycles. The standard InChI is InChI=1S/C22H18F3N3O2/c1-30-20(29)21(10-2-3-11-26-21)18-8-5-9-19-17(18)14-28(27-19)13-15-6-4-7-16(12-15)22(23,24)25/h2-12,14,26H,13H2,1H3. The highest BCUT2D eigenvalue weighted by Gasteiger charge is 2.40. The monoisotopic (exact) mass is 413 g/mol. The molecule has 0 spiro atoms. The van der Waals surface area contributed by atoms with Gasteiger partial charge in [0, 0.05) is 17.1 Å². The van der Waals surface area contributed by atoms with Crippen LogP contribution in [0.1, 0.15) is 16.7 Å². The molecule has 0 aliphatic carbocycles. The summed E-state index contributed by atoms with van der Waals surface area (Å²) in [4.78, 5) is 12.7. The van der Waals surface area contributed by atoms with Crippen LogP contribution in [0.4, 0.5) is 13.2 Å². The smallest absolute Gasteiger partial charge is 0.416 e. The highest BCUT2D eigenvalue weighted by molar-refractivity contribution is 5.93. The molecule has 3 aromatic rings. The predicted octanol–water partition coefficient (Wildman–Crippen LogP) is 4.14. The minimum atomic E-state index is -4.41. The largest absolute Gasteiger partial charge is 0.467 e. The number of dihydropyridines is 1. The van der Waals surface area contributed by atoms with Crippen molar-refractivity contribution in [3.63, 3.8) is 0 Å². The summed E-state index contributed by atoms with van der Waals surface area (Å²) in [6, 6.07) is 10.5. The molecule has 1 unspecified atom stereocenters. The number of halogens is 3. The SMILES string of the molecule is COC(=O)C1(c2cccc3nn(Cc4cccc(C(F)(F)F)c4)cc23)C=CC=CN1. The highest BCUT2D eigenvalue weighted by atomic mass is 19.4. The van der Waals surface area contributed by atoms with Crippen molar-refractivity contribution < 1.29 is 22.7 Å². The number of hydrogen-bond acceptors (Lipinski definition) is 4. The first-order valence-corrected chi connectivity index (χ1v) is 9.17. The van der Waals surface area contributed by atoms with Crippen LogP contribution in [0, 0.1) is 0 Å². The Hall–Kier alpha value is -3.55. The van der Waals surface area contributed by atoms with Crippen LogP contribution in [0.3, 0.4) is 0 Å². The predicted molar refractivity (Wildman–Crippen MR) is 105 cm³/mol. The first kappa shape index (κ1) is 19.8. The van der Waals surface area contributed by atoms with E-state index in [0.29, 0.717) is 22.0 Å². The van der Waals surface area contributed by atoms with Gasteiger partial charge in [0.05, 0.1) is 24.7 Å². The Balaban J connectivity index is 1.75. The molecule has 4 rings (SSSR count). The van der Waals surface area contributed by atoms with Crippen LogP contribution in [-0.4, -0.2) is 22.9 Å². The third-order valence-electron chi connectivity index (χ3n) is 4.99. The summed E-state index contributed by atoms with van der Waals surface area (Å²) in [6.07, 6.45) is 4.19. The first-order chi connectivity index (χ1) is 14.3. The van der Waals surface area contributed by atoms with Gasteiger partial charge in [-0.15, -0.1) is 0 Å². The number of allylic oxidation sites excluding steroid dienone is 2. The van der Waals surface area contributed by atoms with Crippen LogP contribution in [-0.2, 0) is 27.8 Å². The molecular weight excluding hydrogens is 395 g/mol. The van der Waals surface area contributed by atoms with Gasteiger partial charge in [-0.2, -0.15) is 18.3 Å². The average molecular weight is 413 g/mol. The van der Waals surface area contributed by atoms with Gasteiger partial charge in [0.15, 0.2) is 5.54 Å². The van der Waals surface area contributed by atoms with Gasteiger partial charge in [0.1, 0.15) is 0 Å². The van der Waals surface area contributed by atoms with E-state index in [9.17, 15) is 18.0 Å². The van der Waals surface area contributed by atoms with Crippen molar-refractivity contribution in [3.8, 4) is 0 Å². The van der Waals surface area contributed by atoms with Crippen LogP contribution in [0.15, 0.2) is 73.1 Å². The maximum atomic E-state index is 13.0. The number of fused-ring (bicyclic) bond motifs is 1. The van der Waals surface area contributed by atoms with Gasteiger partial charge in [-0.3, -0.25) is 4.68 Å². The number of carbonyl (C=O) groups excluding carboxylic acids is 1. The number of rotatable bonds is 4. The molecule has 8 heteroatoms. The van der Waals surface area contributed by atoms with Gasteiger partial charge in [-0.05, 0) is 42.1 Å². The molecule has 0 saturated heterocycles. The Morgan fingerprint density at radius 1 is 1.20 bits per heavy atom. The van der Waals surface area contributed by atoms with Gasteiger partial charge < -0.3 is 10.1 Å². The van der Waals surface area contributed by atoms with Crippen molar-refractivity contribution in [1.29, 1.82) is 0 Å². The lowest BCUT2D eigenvalue weighted by atomic mass is 9.86. The quantitative estimate of drug-likeness (QED) is 0.653. The van der Waals surface area contributed by atoms with Crippen molar-refractivity contribution in [2.45, 2.75) is 18.3 Å². The minimum absolute atomic E-state index is 0.159. The zero-order chi connectivity index (χ0) is 21.4. The van der Waals surface area contributed by atoms with Crippen molar-refractivity contribution >= 4 is 16.9 Å². The minimum Gasteiger partial charge on any atom is -0.467 e. The van der Waals surface area contributed by atoms with E-state index < -0.39 is 23.2 Å². The molecule has 0 bridgehead atoms. The zero-order valence-electron chi connectivity index (χ0n) is 16.0. The molecule has 5 nitrogen and oxygen atoms in total. The molecule has 1 aliphatic rings. The number of nitrogens with one attached hydrogen (secondary N) is 1. The van der Waals surface area contributed by atoms with Gasteiger partial charge >= 0.3 is 12.1 Å². The first-order valence-electron chi connectivity index (χ1n) is 9.17. The van der Waals surface area contributed by atoms with Crippen LogP contribution >= 0.6 is 0 Å². The van der Waals surface area contributed by atoms with Crippen molar-refractivity contribution in [3.05, 3.63) is 89.8 Å². The summed E-state index contributed by atoms with van der Waals surface area (Å²) in [5.74, 6) is -0.485. The van der Waals surface area contributed by atoms with E-state index in [-0.39, 0.29) is 6.54 Å². The molecule has 0 amide bonds. The average Bonchev–Trinajstić information content (AvgIpc) is 3.15. The Bertz CT molecular complexity index is 1160. The fourth-order valence-electron chi connectivity index (χ4n) is 3.60. The second-order valence-electron chi connectivity index (χ2n) is 6.93. The Morgan fingerprint density at radius 2 is 2.00 bits per heavy atom. The number of benzene rings is 2. The number of alkyl halides is 3. The topological polar surface area (TPSA) is 56.1 Å². The molecule has 1 N–H and O–H groups in total. The van der Waals surface area contributed by atoms with Crippen LogP contribution < -0.4 is 5.32 Å². The molecule has 30 heavy (non-hydrogen) atoms. The molecule has 0 fully saturated rings. The molecule has 2 heterocycles. The summed E-state index contributed by atoms with van der Waals surface area (Å²) in [7, 11) is 1.31. The van der Waals surface area contributed by atoms with Crippen molar-refractivity contribution in [2.75, 3.05) is 7.11 Å². The van der Waals surface area contributed by atoms with E-state index in [0.717, 1.165) is 12.1 Å². The maximum absolute atomic E-state index is 13.0. The van der Waals surface area contributed by atoms with Gasteiger partial charge in [0.25, 0.3) is 0 Å². The zero-order valence-corrected chi connectivity index (χ0v) is 16.0. The molecule has 1 aromatic heterocycles. The number of ether oxygens (including phenoxy) is 1. The summed E-state index contributed by atoms with van der Waals surface area (Å²) < 4.78 is 45.6. The number of carbonyl (C=O) groups is 1. The van der Waals surface area contributed by atoms with E-state index in [1.807, 2.05) is 0 Å². The number of esters is 1. The number of aromatic nitrogens is 2. The van der Waals surface area contributed by atoms with E-state index in [1.54, 1.807) is 59.6 Å². The lowest BCUT2D eigenvalue weighted by Gasteiger charge is -2.30. The van der Waals surface area contributed by atoms with Gasteiger partial charge in [-0.1, -0.05) is 30.3 Å². The molecule has 0 radical (unpaired) electrons. The summed E-state index contributed by atoms with van der Waals surface area (Å²) >= 11 is 0. The number of methoxy groups -OCH3 is 1. The van der Waals surface area contributed by atoms with Gasteiger partial charge in [-0.25, -0.2) is 4.79 Å². The Labute approximate surface area is 170 Å². The second-order valence-corrected chi connectivity index (χ2v) is 6.93. The Morgan fingerprint density at radius 3 is 2.70 bits per heavy atom. The third-order valence-corrected chi connectivity index (χ3v) is 4.99. The Kier molecular flexibility index (Phi) is 4.85. The third kappa shape index (κ3) is 3.45. The summed E-state index contributed by atoms with van der Waals surface area (Å²) in [5.41, 5.74) is -0.186. The molecule has 1 atom stereocenters. The van der Waals surface area contributed by atoms with E-state index in [1.165, 1.54) is 13.2 Å². The molecular formula is C22H18F3N3O2. The van der Waals surface area contributed by atoms with Crippen LogP contribution in [0.25, 0.3) is 10.9 Å². The number of hydrogen-bond donors (Lipinski definition) is 1. The van der Waals surface area contributed by atoms with E-state index in [4.69, 9.17) is 4.74 Å². The normalized spacial score (nSPS) is 18.4. The summed E-state index contributed by atoms with van der Waals surface area (Å²) in [6.45, 7) is 0.159. The van der Waals surface area contributed by atoms with Crippen molar-refractivity contribution in [1.82, 2.24) is 15.1 Å². The highest BCUT2D eigenvalue weighted by Crippen LogP contribution is 2.33. The van der Waals surface area contributed by atoms with Gasteiger partial charge in [0.2, 0.25) is 0 Å². The van der Waals surface area contributed by atoms with Crippen LogP contribution in [0.2, 0.25) is 0 Å². The lowest BCUT2D eigenvalue weighted by molar-refractivity contribution is -0.146. The van der Waals surface area contributed by atoms with E-state index >= 15 is 0 Å². The lowest BCUT2D eigenvalue weighted by Crippen LogP contribution is -2.47. The van der Waals surface area contributed by atoms with Crippen LogP contribution in [0.5, 0.6) is 0 Å². The molecule has 2 aromatic carbocycles. The number of nitrogens with zero attached hydrogens (tertiary/aromatic N) is 2. The van der Waals surface area contributed by atoms with Crippen molar-refractivity contribution in [2.24, 2.45) is 0 Å². The molecule has 154 valence electrons. The molecule has 1 aliphatic heterocycles.